The van der Waals surface area contributed by atoms with E-state index in [9.17, 15) is 0 Å². The second-order valence-corrected chi connectivity index (χ2v) is 7.23. The van der Waals surface area contributed by atoms with Gasteiger partial charge in [0.05, 0.1) is 0 Å². The molecule has 0 aliphatic heterocycles. The van der Waals surface area contributed by atoms with E-state index in [1.165, 1.54) is 32.1 Å². The van der Waals surface area contributed by atoms with Crippen molar-refractivity contribution in [1.29, 1.82) is 0 Å². The number of hydrogen-bond acceptors (Lipinski definition) is 3. The summed E-state index contributed by atoms with van der Waals surface area (Å²) in [6.07, 6.45) is 9.00. The Labute approximate surface area is 122 Å². The minimum Gasteiger partial charge on any atom is -0.365 e. The van der Waals surface area contributed by atoms with Gasteiger partial charge in [-0.25, -0.2) is 4.52 Å². The quantitative estimate of drug-likeness (QED) is 0.921. The van der Waals surface area contributed by atoms with E-state index in [0.29, 0.717) is 16.7 Å². The number of nitrogens with zero attached hydrogens (tertiary/aromatic N) is 3. The molecule has 0 radical (unpaired) electrons. The van der Waals surface area contributed by atoms with E-state index in [1.54, 1.807) is 4.52 Å². The maximum Gasteiger partial charge on any atom is 0.243 e. The van der Waals surface area contributed by atoms with Crippen LogP contribution in [0.4, 0.5) is 5.82 Å². The van der Waals surface area contributed by atoms with Gasteiger partial charge in [-0.15, -0.1) is 5.10 Å². The van der Waals surface area contributed by atoms with E-state index in [1.807, 2.05) is 18.3 Å². The first-order chi connectivity index (χ1) is 9.72. The van der Waals surface area contributed by atoms with E-state index in [-0.39, 0.29) is 0 Å². The van der Waals surface area contributed by atoms with Crippen molar-refractivity contribution in [3.63, 3.8) is 0 Å². The summed E-state index contributed by atoms with van der Waals surface area (Å²) in [5.74, 6) is 2.67. The van der Waals surface area contributed by atoms with Crippen LogP contribution in [-0.4, -0.2) is 20.6 Å². The Hall–Kier alpha value is -1.29. The number of aromatic nitrogens is 3. The number of anilines is 1. The first-order valence-corrected chi connectivity index (χ1v) is 7.88. The van der Waals surface area contributed by atoms with E-state index in [4.69, 9.17) is 11.6 Å². The van der Waals surface area contributed by atoms with Crippen molar-refractivity contribution in [1.82, 2.24) is 14.6 Å². The van der Waals surface area contributed by atoms with Gasteiger partial charge in [0.25, 0.3) is 0 Å². The molecule has 1 N–H and O–H groups in total. The van der Waals surface area contributed by atoms with Crippen LogP contribution in [0.15, 0.2) is 18.3 Å². The van der Waals surface area contributed by atoms with Crippen molar-refractivity contribution < 1.29 is 0 Å². The maximum atomic E-state index is 6.03. The molecule has 2 aromatic heterocycles. The predicted octanol–water partition coefficient (Wildman–Crippen LogP) is 3.37. The Morgan fingerprint density at radius 1 is 1.35 bits per heavy atom. The first-order valence-electron chi connectivity index (χ1n) is 7.50. The Bertz CT molecular complexity index is 683. The molecule has 20 heavy (non-hydrogen) atoms. The molecule has 2 atom stereocenters. The van der Waals surface area contributed by atoms with Gasteiger partial charge in [0, 0.05) is 12.2 Å². The van der Waals surface area contributed by atoms with Crippen LogP contribution >= 0.6 is 11.6 Å². The summed E-state index contributed by atoms with van der Waals surface area (Å²) in [7, 11) is 0. The summed E-state index contributed by atoms with van der Waals surface area (Å²) in [6.45, 7) is 0. The Morgan fingerprint density at radius 3 is 2.95 bits per heavy atom. The van der Waals surface area contributed by atoms with Gasteiger partial charge in [-0.3, -0.25) is 0 Å². The SMILES string of the molecule is Clc1nc(N[C@@H]2CC34CC[C@@H]2C(C3)C4)c2cccn2n1. The van der Waals surface area contributed by atoms with Crippen LogP contribution in [-0.2, 0) is 0 Å². The van der Waals surface area contributed by atoms with E-state index < -0.39 is 0 Å². The number of halogens is 1. The summed E-state index contributed by atoms with van der Waals surface area (Å²) in [4.78, 5) is 4.41. The van der Waals surface area contributed by atoms with Gasteiger partial charge in [-0.05, 0) is 73.1 Å². The van der Waals surface area contributed by atoms with Crippen LogP contribution in [0.1, 0.15) is 32.1 Å². The second-order valence-electron chi connectivity index (χ2n) is 6.89. The van der Waals surface area contributed by atoms with Crippen molar-refractivity contribution in [3.8, 4) is 0 Å². The zero-order chi connectivity index (χ0) is 13.3. The fourth-order valence-electron chi connectivity index (χ4n) is 5.03. The van der Waals surface area contributed by atoms with Gasteiger partial charge in [-0.1, -0.05) is 0 Å². The molecule has 4 nitrogen and oxygen atoms in total. The molecule has 0 aromatic carbocycles. The zero-order valence-corrected chi connectivity index (χ0v) is 12.0. The molecule has 5 heteroatoms. The Kier molecular flexibility index (Phi) is 2.09. The van der Waals surface area contributed by atoms with Gasteiger partial charge >= 0.3 is 0 Å². The minimum absolute atomic E-state index is 0.306. The molecule has 0 saturated heterocycles. The summed E-state index contributed by atoms with van der Waals surface area (Å²) in [5.41, 5.74) is 1.67. The largest absolute Gasteiger partial charge is 0.365 e. The summed E-state index contributed by atoms with van der Waals surface area (Å²) >= 11 is 6.03. The number of nitrogens with one attached hydrogen (secondary N) is 1. The Balaban J connectivity index is 1.50. The molecule has 6 saturated carbocycles. The van der Waals surface area contributed by atoms with Gasteiger partial charge in [0.1, 0.15) is 5.52 Å². The monoisotopic (exact) mass is 288 g/mol. The van der Waals surface area contributed by atoms with E-state index in [0.717, 1.165) is 23.2 Å². The van der Waals surface area contributed by atoms with E-state index >= 15 is 0 Å². The standard InChI is InChI=1S/C15H17ClN4/c16-14-18-13(12-2-1-5-20(12)19-14)17-11-8-15-4-3-10(11)9(6-15)7-15/h1-2,5,9-11H,3-4,6-8H2,(H,17,18,19)/t9?,10-,11-,15?/m1/s1. The van der Waals surface area contributed by atoms with E-state index in [2.05, 4.69) is 15.4 Å². The molecule has 1 spiro atoms. The molecule has 0 unspecified atom stereocenters. The number of hydrogen-bond donors (Lipinski definition) is 1. The van der Waals surface area contributed by atoms with Gasteiger partial charge in [0.2, 0.25) is 5.28 Å². The molecular weight excluding hydrogens is 272 g/mol. The first kappa shape index (κ1) is 11.4. The van der Waals surface area contributed by atoms with Gasteiger partial charge in [0.15, 0.2) is 5.82 Å². The summed E-state index contributed by atoms with van der Waals surface area (Å²) in [5, 5.41) is 8.18. The molecule has 2 heterocycles. The highest BCUT2D eigenvalue weighted by molar-refractivity contribution is 6.28. The van der Waals surface area contributed by atoms with Crippen LogP contribution in [0.2, 0.25) is 5.28 Å². The lowest BCUT2D eigenvalue weighted by molar-refractivity contribution is -0.116. The zero-order valence-electron chi connectivity index (χ0n) is 11.2. The molecule has 0 amide bonds. The Morgan fingerprint density at radius 2 is 2.25 bits per heavy atom. The third-order valence-electron chi connectivity index (χ3n) is 5.86. The average molecular weight is 289 g/mol. The lowest BCUT2D eigenvalue weighted by atomic mass is 9.42. The molecule has 6 aliphatic carbocycles. The number of fused-ring (bicyclic) bond motifs is 1. The minimum atomic E-state index is 0.306. The van der Waals surface area contributed by atoms with Crippen LogP contribution in [0.25, 0.3) is 5.52 Å². The van der Waals surface area contributed by atoms with Crippen molar-refractivity contribution in [2.45, 2.75) is 38.1 Å². The van der Waals surface area contributed by atoms with Gasteiger partial charge < -0.3 is 5.32 Å². The predicted molar refractivity (Wildman–Crippen MR) is 77.9 cm³/mol. The normalized spacial score (nSPS) is 38.0. The summed E-state index contributed by atoms with van der Waals surface area (Å²) < 4.78 is 1.80. The van der Waals surface area contributed by atoms with Crippen LogP contribution in [0.5, 0.6) is 0 Å². The lowest BCUT2D eigenvalue weighted by Crippen LogP contribution is -2.59. The molecule has 2 aromatic rings. The van der Waals surface area contributed by atoms with Crippen LogP contribution < -0.4 is 5.32 Å². The average Bonchev–Trinajstić information content (AvgIpc) is 2.86. The fourth-order valence-corrected chi connectivity index (χ4v) is 5.20. The number of rotatable bonds is 2. The van der Waals surface area contributed by atoms with Crippen LogP contribution in [0.3, 0.4) is 0 Å². The highest BCUT2D eigenvalue weighted by atomic mass is 35.5. The van der Waals surface area contributed by atoms with Crippen molar-refractivity contribution in [2.75, 3.05) is 5.32 Å². The molecular formula is C15H17ClN4. The maximum absolute atomic E-state index is 6.03. The third kappa shape index (κ3) is 1.43. The van der Waals surface area contributed by atoms with Crippen LogP contribution in [0, 0.1) is 17.3 Å². The highest BCUT2D eigenvalue weighted by Crippen LogP contribution is 2.66. The second kappa shape index (κ2) is 3.67. The van der Waals surface area contributed by atoms with Crippen molar-refractivity contribution in [2.24, 2.45) is 17.3 Å². The lowest BCUT2D eigenvalue weighted by Gasteiger charge is -2.65. The van der Waals surface area contributed by atoms with Gasteiger partial charge in [-0.2, -0.15) is 4.98 Å². The van der Waals surface area contributed by atoms with Crippen molar-refractivity contribution in [3.05, 3.63) is 23.6 Å². The third-order valence-corrected chi connectivity index (χ3v) is 6.02. The molecule has 104 valence electrons. The molecule has 8 rings (SSSR count). The fraction of sp³-hybridized carbons (Fsp3) is 0.600. The topological polar surface area (TPSA) is 42.2 Å². The summed E-state index contributed by atoms with van der Waals surface area (Å²) in [6, 6.07) is 4.59. The molecule has 3 bridgehead atoms. The molecule has 6 aliphatic rings. The van der Waals surface area contributed by atoms with Crippen molar-refractivity contribution >= 4 is 22.9 Å². The highest BCUT2D eigenvalue weighted by Gasteiger charge is 2.59. The molecule has 6 fully saturated rings. The smallest absolute Gasteiger partial charge is 0.243 e.